The molecule has 1 atom stereocenters. The molecule has 3 N–H and O–H groups in total. The quantitative estimate of drug-likeness (QED) is 0.754. The average molecular weight is 388 g/mol. The number of nitrogens with zero attached hydrogens (tertiary/aromatic N) is 3. The van der Waals surface area contributed by atoms with Crippen LogP contribution in [0.2, 0.25) is 5.02 Å². The summed E-state index contributed by atoms with van der Waals surface area (Å²) in [6, 6.07) is 10.1. The van der Waals surface area contributed by atoms with Gasteiger partial charge in [0.25, 0.3) is 0 Å². The highest BCUT2D eigenvalue weighted by atomic mass is 35.5. The van der Waals surface area contributed by atoms with E-state index in [1.54, 1.807) is 25.1 Å². The summed E-state index contributed by atoms with van der Waals surface area (Å²) in [7, 11) is 1.50. The van der Waals surface area contributed by atoms with Gasteiger partial charge in [0.1, 0.15) is 28.7 Å². The first-order valence-corrected chi connectivity index (χ1v) is 8.57. The number of nitrogens with one attached hydrogen (secondary N) is 1. The van der Waals surface area contributed by atoms with Gasteiger partial charge in [-0.3, -0.25) is 4.79 Å². The number of halogens is 1. The molecule has 2 aromatic rings. The third-order valence-electron chi connectivity index (χ3n) is 3.33. The van der Waals surface area contributed by atoms with Crippen LogP contribution in [0.5, 0.6) is 5.75 Å². The Morgan fingerprint density at radius 2 is 2.04 bits per heavy atom. The number of anilines is 2. The first-order valence-electron chi connectivity index (χ1n) is 7.31. The van der Waals surface area contributed by atoms with Crippen molar-refractivity contribution in [3.8, 4) is 17.9 Å². The van der Waals surface area contributed by atoms with Crippen LogP contribution < -0.4 is 15.8 Å². The largest absolute Gasteiger partial charge is 0.495 e. The number of pyridine rings is 1. The number of carbonyl (C=O) groups excluding carboxylic acids is 1. The second-order valence-corrected chi connectivity index (χ2v) is 6.83. The fourth-order valence-corrected chi connectivity index (χ4v) is 3.12. The molecule has 7 nitrogen and oxygen atoms in total. The number of aromatic nitrogens is 1. The Balaban J connectivity index is 2.15. The minimum absolute atomic E-state index is 0.0172. The number of hydrogen-bond donors (Lipinski definition) is 2. The lowest BCUT2D eigenvalue weighted by atomic mass is 10.2. The lowest BCUT2D eigenvalue weighted by molar-refractivity contribution is -0.115. The average Bonchev–Trinajstić information content (AvgIpc) is 2.62. The van der Waals surface area contributed by atoms with Crippen LogP contribution in [0.3, 0.4) is 0 Å². The molecule has 0 saturated carbocycles. The van der Waals surface area contributed by atoms with Gasteiger partial charge in [-0.25, -0.2) is 4.98 Å². The van der Waals surface area contributed by atoms with Crippen molar-refractivity contribution in [1.82, 2.24) is 4.98 Å². The van der Waals surface area contributed by atoms with Gasteiger partial charge in [-0.2, -0.15) is 10.5 Å². The van der Waals surface area contributed by atoms with Crippen molar-refractivity contribution in [2.24, 2.45) is 0 Å². The highest BCUT2D eigenvalue weighted by Gasteiger charge is 2.19. The number of nitrogens with two attached hydrogens (primary N) is 1. The Kier molecular flexibility index (Phi) is 6.29. The minimum Gasteiger partial charge on any atom is -0.495 e. The van der Waals surface area contributed by atoms with E-state index in [0.29, 0.717) is 21.5 Å². The topological polar surface area (TPSA) is 125 Å². The number of benzene rings is 1. The Morgan fingerprint density at radius 1 is 1.35 bits per heavy atom. The molecule has 1 heterocycles. The maximum atomic E-state index is 12.4. The highest BCUT2D eigenvalue weighted by molar-refractivity contribution is 8.00. The van der Waals surface area contributed by atoms with E-state index in [1.165, 1.54) is 13.2 Å². The number of rotatable bonds is 5. The standard InChI is InChI=1S/C17H14ClN5O2S/c1-9(16(24)22-12-3-4-14(25-2)13(18)6-12)26-17-11(8-20)5-10(7-19)15(21)23-17/h3-6,9H,1-2H3,(H2,21,23)(H,22,24)/t9-/m1/s1. The van der Waals surface area contributed by atoms with E-state index in [9.17, 15) is 10.1 Å². The lowest BCUT2D eigenvalue weighted by Gasteiger charge is -2.13. The molecular weight excluding hydrogens is 374 g/mol. The molecule has 0 bridgehead atoms. The maximum absolute atomic E-state index is 12.4. The molecule has 0 unspecified atom stereocenters. The molecule has 0 aliphatic heterocycles. The first-order chi connectivity index (χ1) is 12.4. The second kappa shape index (κ2) is 8.43. The number of thioether (sulfide) groups is 1. The fraction of sp³-hybridized carbons (Fsp3) is 0.176. The molecule has 0 saturated heterocycles. The van der Waals surface area contributed by atoms with Crippen LogP contribution >= 0.6 is 23.4 Å². The molecule has 1 aromatic carbocycles. The summed E-state index contributed by atoms with van der Waals surface area (Å²) in [5.41, 5.74) is 6.52. The smallest absolute Gasteiger partial charge is 0.237 e. The van der Waals surface area contributed by atoms with E-state index >= 15 is 0 Å². The zero-order chi connectivity index (χ0) is 19.3. The van der Waals surface area contributed by atoms with E-state index in [2.05, 4.69) is 10.3 Å². The normalized spacial score (nSPS) is 11.1. The molecule has 2 rings (SSSR count). The summed E-state index contributed by atoms with van der Waals surface area (Å²) in [6.45, 7) is 1.67. The Morgan fingerprint density at radius 3 is 2.62 bits per heavy atom. The zero-order valence-corrected chi connectivity index (χ0v) is 15.5. The van der Waals surface area contributed by atoms with E-state index in [0.717, 1.165) is 11.8 Å². The molecule has 1 amide bonds. The summed E-state index contributed by atoms with van der Waals surface area (Å²) in [6.07, 6.45) is 0. The van der Waals surface area contributed by atoms with Gasteiger partial charge >= 0.3 is 0 Å². The van der Waals surface area contributed by atoms with E-state index in [1.807, 2.05) is 12.1 Å². The molecule has 0 spiro atoms. The molecule has 0 radical (unpaired) electrons. The van der Waals surface area contributed by atoms with Crippen LogP contribution in [0.25, 0.3) is 0 Å². The molecule has 0 aliphatic rings. The van der Waals surface area contributed by atoms with E-state index in [4.69, 9.17) is 27.3 Å². The van der Waals surface area contributed by atoms with Crippen LogP contribution in [0.4, 0.5) is 11.5 Å². The number of amides is 1. The van der Waals surface area contributed by atoms with Gasteiger partial charge in [0, 0.05) is 5.69 Å². The summed E-state index contributed by atoms with van der Waals surface area (Å²) < 4.78 is 5.06. The molecule has 1 aromatic heterocycles. The predicted octanol–water partition coefficient (Wildman–Crippen LogP) is 3.19. The Labute approximate surface area is 159 Å². The van der Waals surface area contributed by atoms with Crippen LogP contribution in [-0.2, 0) is 4.79 Å². The number of ether oxygens (including phenoxy) is 1. The van der Waals surface area contributed by atoms with Crippen LogP contribution in [0.15, 0.2) is 29.3 Å². The van der Waals surface area contributed by atoms with Gasteiger partial charge in [0.2, 0.25) is 5.91 Å². The predicted molar refractivity (Wildman–Crippen MR) is 100 cm³/mol. The van der Waals surface area contributed by atoms with Gasteiger partial charge in [-0.05, 0) is 31.2 Å². The van der Waals surface area contributed by atoms with Gasteiger partial charge in [0.05, 0.1) is 28.5 Å². The number of nitriles is 2. The lowest BCUT2D eigenvalue weighted by Crippen LogP contribution is -2.22. The number of carbonyl (C=O) groups is 1. The van der Waals surface area contributed by atoms with Gasteiger partial charge in [-0.15, -0.1) is 0 Å². The molecule has 26 heavy (non-hydrogen) atoms. The molecule has 132 valence electrons. The third-order valence-corrected chi connectivity index (χ3v) is 4.73. The number of nitrogen functional groups attached to an aromatic ring is 1. The van der Waals surface area contributed by atoms with E-state index in [-0.39, 0.29) is 22.9 Å². The fourth-order valence-electron chi connectivity index (χ4n) is 1.98. The molecular formula is C17H14ClN5O2S. The maximum Gasteiger partial charge on any atom is 0.237 e. The summed E-state index contributed by atoms with van der Waals surface area (Å²) in [4.78, 5) is 16.4. The van der Waals surface area contributed by atoms with Gasteiger partial charge in [-0.1, -0.05) is 23.4 Å². The van der Waals surface area contributed by atoms with Crippen molar-refractivity contribution in [2.45, 2.75) is 17.2 Å². The Hall–Kier alpha value is -2.94. The summed E-state index contributed by atoms with van der Waals surface area (Å²) in [5, 5.41) is 21.0. The van der Waals surface area contributed by atoms with Crippen molar-refractivity contribution in [3.63, 3.8) is 0 Å². The highest BCUT2D eigenvalue weighted by Crippen LogP contribution is 2.30. The minimum atomic E-state index is -0.567. The summed E-state index contributed by atoms with van der Waals surface area (Å²) in [5.74, 6) is 0.219. The number of methoxy groups -OCH3 is 1. The van der Waals surface area contributed by atoms with E-state index < -0.39 is 5.25 Å². The Bertz CT molecular complexity index is 936. The monoisotopic (exact) mass is 387 g/mol. The second-order valence-electron chi connectivity index (χ2n) is 5.10. The van der Waals surface area contributed by atoms with Crippen LogP contribution in [0.1, 0.15) is 18.1 Å². The van der Waals surface area contributed by atoms with Crippen LogP contribution in [-0.4, -0.2) is 23.3 Å². The number of hydrogen-bond acceptors (Lipinski definition) is 7. The summed E-state index contributed by atoms with van der Waals surface area (Å²) >= 11 is 7.11. The van der Waals surface area contributed by atoms with Crippen LogP contribution in [0, 0.1) is 22.7 Å². The zero-order valence-electron chi connectivity index (χ0n) is 13.9. The third kappa shape index (κ3) is 4.37. The molecule has 9 heteroatoms. The van der Waals surface area contributed by atoms with Crippen molar-refractivity contribution in [3.05, 3.63) is 40.4 Å². The first kappa shape index (κ1) is 19.4. The van der Waals surface area contributed by atoms with Gasteiger partial charge < -0.3 is 15.8 Å². The van der Waals surface area contributed by atoms with Crippen molar-refractivity contribution in [1.29, 1.82) is 10.5 Å². The van der Waals surface area contributed by atoms with Crippen molar-refractivity contribution in [2.75, 3.05) is 18.2 Å². The molecule has 0 aliphatic carbocycles. The molecule has 0 fully saturated rings. The van der Waals surface area contributed by atoms with Crippen molar-refractivity contribution < 1.29 is 9.53 Å². The van der Waals surface area contributed by atoms with Gasteiger partial charge in [0.15, 0.2) is 0 Å². The SMILES string of the molecule is COc1ccc(NC(=O)[C@@H](C)Sc2nc(N)c(C#N)cc2C#N)cc1Cl. The van der Waals surface area contributed by atoms with Crippen molar-refractivity contribution >= 4 is 40.8 Å².